The first-order valence-corrected chi connectivity index (χ1v) is 9.86. The third kappa shape index (κ3) is 4.19. The normalized spacial score (nSPS) is 11.0. The molecule has 3 aromatic heterocycles. The Balaban J connectivity index is 1.74. The molecule has 0 atom stereocenters. The number of pyridine rings is 1. The van der Waals surface area contributed by atoms with E-state index in [4.69, 9.17) is 5.73 Å². The van der Waals surface area contributed by atoms with Crippen molar-refractivity contribution in [2.24, 2.45) is 12.8 Å². The van der Waals surface area contributed by atoms with Crippen molar-refractivity contribution in [2.45, 2.75) is 13.0 Å². The molecule has 0 saturated carbocycles. The number of nitrogens with one attached hydrogen (secondary N) is 1. The van der Waals surface area contributed by atoms with E-state index in [2.05, 4.69) is 25.5 Å². The number of nitrogens with zero attached hydrogens (tertiary/aromatic N) is 6. The number of hydrogen-bond donors (Lipinski definition) is 2. The Hall–Kier alpha value is -3.92. The quantitative estimate of drug-likeness (QED) is 0.420. The van der Waals surface area contributed by atoms with E-state index < -0.39 is 11.2 Å². The van der Waals surface area contributed by atoms with Gasteiger partial charge in [-0.2, -0.15) is 0 Å². The lowest BCUT2D eigenvalue weighted by Crippen LogP contribution is -2.39. The van der Waals surface area contributed by atoms with E-state index in [1.54, 1.807) is 18.5 Å². The van der Waals surface area contributed by atoms with Gasteiger partial charge in [0.2, 0.25) is 0 Å². The zero-order chi connectivity index (χ0) is 21.8. The molecular formula is C21H22N8O2. The molecule has 3 heterocycles. The molecule has 10 nitrogen and oxygen atoms in total. The van der Waals surface area contributed by atoms with Crippen molar-refractivity contribution in [3.05, 3.63) is 75.2 Å². The van der Waals surface area contributed by atoms with Crippen LogP contribution in [0.3, 0.4) is 0 Å². The van der Waals surface area contributed by atoms with Crippen LogP contribution in [0.2, 0.25) is 0 Å². The van der Waals surface area contributed by atoms with Gasteiger partial charge in [0.25, 0.3) is 5.56 Å². The topological polar surface area (TPSA) is 134 Å². The SMILES string of the molecule is Cn1c(=O)c2nc(-c3ccc(NCCCN)cc3)nnc2n(Cc2cccnc2)c1=O. The zero-order valence-electron chi connectivity index (χ0n) is 17.0. The predicted octanol–water partition coefficient (Wildman–Crippen LogP) is 0.756. The molecule has 3 N–H and O–H groups in total. The monoisotopic (exact) mass is 418 g/mol. The van der Waals surface area contributed by atoms with Crippen molar-refractivity contribution >= 4 is 16.9 Å². The molecule has 0 aliphatic carbocycles. The van der Waals surface area contributed by atoms with Gasteiger partial charge >= 0.3 is 5.69 Å². The fourth-order valence-corrected chi connectivity index (χ4v) is 3.17. The molecular weight excluding hydrogens is 396 g/mol. The molecule has 0 amide bonds. The summed E-state index contributed by atoms with van der Waals surface area (Å²) in [7, 11) is 1.42. The first-order chi connectivity index (χ1) is 15.1. The van der Waals surface area contributed by atoms with Crippen molar-refractivity contribution in [3.8, 4) is 11.4 Å². The minimum atomic E-state index is -0.515. The van der Waals surface area contributed by atoms with Gasteiger partial charge in [-0.15, -0.1) is 10.2 Å². The fraction of sp³-hybridized carbons (Fsp3) is 0.238. The molecule has 0 fully saturated rings. The lowest BCUT2D eigenvalue weighted by Gasteiger charge is -2.11. The predicted molar refractivity (Wildman–Crippen MR) is 118 cm³/mol. The fourth-order valence-electron chi connectivity index (χ4n) is 3.17. The molecule has 4 rings (SSSR count). The number of fused-ring (bicyclic) bond motifs is 1. The third-order valence-electron chi connectivity index (χ3n) is 4.87. The Morgan fingerprint density at radius 1 is 1.10 bits per heavy atom. The summed E-state index contributed by atoms with van der Waals surface area (Å²) in [6, 6.07) is 11.1. The Morgan fingerprint density at radius 3 is 2.61 bits per heavy atom. The highest BCUT2D eigenvalue weighted by molar-refractivity contribution is 5.71. The van der Waals surface area contributed by atoms with Crippen LogP contribution in [0.25, 0.3) is 22.6 Å². The van der Waals surface area contributed by atoms with Gasteiger partial charge in [-0.3, -0.25) is 18.9 Å². The Bertz CT molecular complexity index is 1310. The van der Waals surface area contributed by atoms with E-state index in [9.17, 15) is 9.59 Å². The summed E-state index contributed by atoms with van der Waals surface area (Å²) in [5.74, 6) is 0.310. The summed E-state index contributed by atoms with van der Waals surface area (Å²) in [6.07, 6.45) is 4.18. The van der Waals surface area contributed by atoms with Crippen LogP contribution in [0.4, 0.5) is 5.69 Å². The molecule has 158 valence electrons. The van der Waals surface area contributed by atoms with E-state index in [-0.39, 0.29) is 17.7 Å². The molecule has 0 aliphatic rings. The second kappa shape index (κ2) is 8.84. The molecule has 0 bridgehead atoms. The van der Waals surface area contributed by atoms with Gasteiger partial charge in [0.05, 0.1) is 6.54 Å². The standard InChI is InChI=1S/C21H22N8O2/c1-28-20(30)17-19(29(21(28)31)13-14-4-2-10-23-12-14)27-26-18(25-17)15-5-7-16(8-6-15)24-11-3-9-22/h2,4-8,10,12,24H,3,9,11,13,22H2,1H3. The van der Waals surface area contributed by atoms with Crippen molar-refractivity contribution in [1.29, 1.82) is 0 Å². The van der Waals surface area contributed by atoms with E-state index in [1.807, 2.05) is 30.3 Å². The number of nitrogens with two attached hydrogens (primary N) is 1. The van der Waals surface area contributed by atoms with Crippen LogP contribution in [-0.2, 0) is 13.6 Å². The van der Waals surface area contributed by atoms with Gasteiger partial charge in [-0.05, 0) is 48.9 Å². The summed E-state index contributed by atoms with van der Waals surface area (Å²) in [4.78, 5) is 33.9. The van der Waals surface area contributed by atoms with E-state index in [1.165, 1.54) is 11.6 Å². The molecule has 1 aromatic carbocycles. The van der Waals surface area contributed by atoms with Gasteiger partial charge < -0.3 is 11.1 Å². The van der Waals surface area contributed by atoms with Crippen molar-refractivity contribution in [2.75, 3.05) is 18.4 Å². The number of rotatable bonds is 7. The van der Waals surface area contributed by atoms with Crippen LogP contribution in [0, 0.1) is 0 Å². The molecule has 0 radical (unpaired) electrons. The van der Waals surface area contributed by atoms with Crippen LogP contribution in [0.5, 0.6) is 0 Å². The number of anilines is 1. The van der Waals surface area contributed by atoms with Crippen molar-refractivity contribution in [3.63, 3.8) is 0 Å². The first-order valence-electron chi connectivity index (χ1n) is 9.86. The number of benzene rings is 1. The largest absolute Gasteiger partial charge is 0.385 e. The molecule has 0 unspecified atom stereocenters. The van der Waals surface area contributed by atoms with Gasteiger partial charge in [0.15, 0.2) is 17.0 Å². The summed E-state index contributed by atoms with van der Waals surface area (Å²) in [6.45, 7) is 1.62. The number of aromatic nitrogens is 6. The van der Waals surface area contributed by atoms with Crippen molar-refractivity contribution < 1.29 is 0 Å². The third-order valence-corrected chi connectivity index (χ3v) is 4.87. The molecule has 0 aliphatic heterocycles. The molecule has 4 aromatic rings. The highest BCUT2D eigenvalue weighted by atomic mass is 16.2. The van der Waals surface area contributed by atoms with E-state index >= 15 is 0 Å². The maximum Gasteiger partial charge on any atom is 0.332 e. The van der Waals surface area contributed by atoms with Crippen LogP contribution in [0.1, 0.15) is 12.0 Å². The van der Waals surface area contributed by atoms with E-state index in [0.29, 0.717) is 17.9 Å². The molecule has 0 spiro atoms. The number of hydrogen-bond acceptors (Lipinski definition) is 8. The Kier molecular flexibility index (Phi) is 5.80. The van der Waals surface area contributed by atoms with Crippen LogP contribution < -0.4 is 22.3 Å². The highest BCUT2D eigenvalue weighted by Gasteiger charge is 2.16. The zero-order valence-corrected chi connectivity index (χ0v) is 17.0. The summed E-state index contributed by atoms with van der Waals surface area (Å²) in [5.41, 5.74) is 7.19. The van der Waals surface area contributed by atoms with Gasteiger partial charge in [0, 0.05) is 37.2 Å². The second-order valence-corrected chi connectivity index (χ2v) is 7.05. The second-order valence-electron chi connectivity index (χ2n) is 7.05. The average molecular weight is 418 g/mol. The lowest BCUT2D eigenvalue weighted by molar-refractivity contribution is 0.659. The lowest BCUT2D eigenvalue weighted by atomic mass is 10.2. The summed E-state index contributed by atoms with van der Waals surface area (Å²) < 4.78 is 2.41. The maximum atomic E-state index is 12.7. The molecule has 10 heteroatoms. The van der Waals surface area contributed by atoms with Gasteiger partial charge in [-0.25, -0.2) is 9.78 Å². The van der Waals surface area contributed by atoms with Gasteiger partial charge in [0.1, 0.15) is 0 Å². The molecule has 0 saturated heterocycles. The van der Waals surface area contributed by atoms with Crippen LogP contribution in [0.15, 0.2) is 58.4 Å². The summed E-state index contributed by atoms with van der Waals surface area (Å²) in [5, 5.41) is 11.6. The smallest absolute Gasteiger partial charge is 0.332 e. The van der Waals surface area contributed by atoms with Crippen LogP contribution >= 0.6 is 0 Å². The van der Waals surface area contributed by atoms with E-state index in [0.717, 1.165) is 28.8 Å². The Labute approximate surface area is 177 Å². The summed E-state index contributed by atoms with van der Waals surface area (Å²) >= 11 is 0. The minimum Gasteiger partial charge on any atom is -0.385 e. The minimum absolute atomic E-state index is 0.0844. The average Bonchev–Trinajstić information content (AvgIpc) is 2.81. The maximum absolute atomic E-state index is 12.7. The van der Waals surface area contributed by atoms with Crippen molar-refractivity contribution in [1.82, 2.24) is 29.3 Å². The molecule has 31 heavy (non-hydrogen) atoms. The first kappa shape index (κ1) is 20.4. The van der Waals surface area contributed by atoms with Gasteiger partial charge in [-0.1, -0.05) is 6.07 Å². The van der Waals surface area contributed by atoms with Crippen LogP contribution in [-0.4, -0.2) is 42.4 Å². The highest BCUT2D eigenvalue weighted by Crippen LogP contribution is 2.18. The Morgan fingerprint density at radius 2 is 1.90 bits per heavy atom.